The summed E-state index contributed by atoms with van der Waals surface area (Å²) in [4.78, 5) is 4.34. The fourth-order valence-electron chi connectivity index (χ4n) is 3.86. The molecule has 9 heteroatoms. The zero-order valence-electron chi connectivity index (χ0n) is 15.4. The molecular weight excluding hydrogens is 391 g/mol. The van der Waals surface area contributed by atoms with Crippen LogP contribution in [0, 0.1) is 11.8 Å². The minimum Gasteiger partial charge on any atom is -0.497 e. The standard InChI is InChI=1S/C19H20F3N3O2S/c1-11-3-8-15-14(9-11)18(26,19(20,21)22)25(24-15)17-23-16(10-28-17)12-4-6-13(27-2)7-5-12/h4-7,10-11,14,26H,3,8-9H2,1-2H3/t11-,14+,18+/m0/s1. The van der Waals surface area contributed by atoms with Crippen molar-refractivity contribution in [1.29, 1.82) is 0 Å². The van der Waals surface area contributed by atoms with Gasteiger partial charge in [0.25, 0.3) is 5.72 Å². The molecule has 0 amide bonds. The minimum atomic E-state index is -4.86. The molecule has 3 atom stereocenters. The summed E-state index contributed by atoms with van der Waals surface area (Å²) in [6.45, 7) is 1.90. The number of methoxy groups -OCH3 is 1. The van der Waals surface area contributed by atoms with E-state index >= 15 is 0 Å². The Bertz CT molecular complexity index is 897. The quantitative estimate of drug-likeness (QED) is 0.797. The Hall–Kier alpha value is -2.13. The number of aliphatic hydroxyl groups is 1. The molecule has 2 aromatic rings. The first kappa shape index (κ1) is 19.2. The molecule has 0 bridgehead atoms. The first-order valence-corrected chi connectivity index (χ1v) is 9.88. The van der Waals surface area contributed by atoms with Gasteiger partial charge in [0.15, 0.2) is 0 Å². The van der Waals surface area contributed by atoms with Gasteiger partial charge in [0.05, 0.1) is 18.7 Å². The van der Waals surface area contributed by atoms with E-state index in [2.05, 4.69) is 10.1 Å². The number of nitrogens with zero attached hydrogens (tertiary/aromatic N) is 3. The van der Waals surface area contributed by atoms with Gasteiger partial charge in [0.2, 0.25) is 5.13 Å². The maximum Gasteiger partial charge on any atom is 0.439 e. The number of anilines is 1. The van der Waals surface area contributed by atoms with E-state index in [1.165, 1.54) is 0 Å². The first-order chi connectivity index (χ1) is 13.2. The number of thiazole rings is 1. The molecule has 1 aliphatic heterocycles. The molecule has 2 aliphatic rings. The molecule has 150 valence electrons. The lowest BCUT2D eigenvalue weighted by Crippen LogP contribution is -2.60. The molecule has 4 rings (SSSR count). The van der Waals surface area contributed by atoms with Crippen LogP contribution in [0.25, 0.3) is 11.3 Å². The van der Waals surface area contributed by atoms with Gasteiger partial charge in [-0.25, -0.2) is 4.98 Å². The van der Waals surface area contributed by atoms with E-state index in [0.717, 1.165) is 23.3 Å². The second-order valence-corrected chi connectivity index (χ2v) is 8.14. The van der Waals surface area contributed by atoms with Crippen LogP contribution in [-0.4, -0.2) is 34.8 Å². The van der Waals surface area contributed by atoms with Crippen molar-refractivity contribution >= 4 is 22.2 Å². The fourth-order valence-corrected chi connectivity index (χ4v) is 4.69. The Morgan fingerprint density at radius 1 is 1.29 bits per heavy atom. The number of hydrogen-bond acceptors (Lipinski definition) is 6. The summed E-state index contributed by atoms with van der Waals surface area (Å²) in [6, 6.07) is 7.08. The summed E-state index contributed by atoms with van der Waals surface area (Å²) in [7, 11) is 1.56. The third-order valence-corrected chi connectivity index (χ3v) is 6.26. The molecule has 1 aliphatic carbocycles. The summed E-state index contributed by atoms with van der Waals surface area (Å²) in [6.07, 6.45) is -3.38. The van der Waals surface area contributed by atoms with E-state index in [4.69, 9.17) is 4.74 Å². The molecule has 0 unspecified atom stereocenters. The number of hydrogen-bond donors (Lipinski definition) is 1. The van der Waals surface area contributed by atoms with E-state index in [0.29, 0.717) is 28.6 Å². The van der Waals surface area contributed by atoms with Gasteiger partial charge in [-0.1, -0.05) is 6.92 Å². The summed E-state index contributed by atoms with van der Waals surface area (Å²) in [5.41, 5.74) is -1.39. The maximum atomic E-state index is 14.0. The monoisotopic (exact) mass is 411 g/mol. The lowest BCUT2D eigenvalue weighted by molar-refractivity contribution is -0.269. The summed E-state index contributed by atoms with van der Waals surface area (Å²) in [5.74, 6) is -0.289. The molecule has 2 heterocycles. The lowest BCUT2D eigenvalue weighted by Gasteiger charge is -2.39. The van der Waals surface area contributed by atoms with E-state index < -0.39 is 17.8 Å². The Labute approximate surface area is 164 Å². The summed E-state index contributed by atoms with van der Waals surface area (Å²) >= 11 is 1.03. The zero-order chi connectivity index (χ0) is 20.1. The molecule has 1 N–H and O–H groups in total. The van der Waals surface area contributed by atoms with Crippen LogP contribution in [-0.2, 0) is 0 Å². The number of hydrazone groups is 1. The van der Waals surface area contributed by atoms with Crippen molar-refractivity contribution in [2.45, 2.75) is 38.1 Å². The van der Waals surface area contributed by atoms with Crippen molar-refractivity contribution in [3.8, 4) is 17.0 Å². The predicted molar refractivity (Wildman–Crippen MR) is 102 cm³/mol. The summed E-state index contributed by atoms with van der Waals surface area (Å²) < 4.78 is 47.1. The van der Waals surface area contributed by atoms with Crippen LogP contribution >= 0.6 is 11.3 Å². The van der Waals surface area contributed by atoms with Crippen LogP contribution in [0.4, 0.5) is 18.3 Å². The fraction of sp³-hybridized carbons (Fsp3) is 0.474. The van der Waals surface area contributed by atoms with E-state index in [1.807, 2.05) is 6.92 Å². The number of benzene rings is 1. The van der Waals surface area contributed by atoms with Gasteiger partial charge >= 0.3 is 6.18 Å². The molecule has 1 aromatic heterocycles. The Balaban J connectivity index is 1.71. The molecule has 1 saturated carbocycles. The number of halogens is 3. The largest absolute Gasteiger partial charge is 0.497 e. The van der Waals surface area contributed by atoms with E-state index in [9.17, 15) is 18.3 Å². The first-order valence-electron chi connectivity index (χ1n) is 9.00. The van der Waals surface area contributed by atoms with Gasteiger partial charge in [0.1, 0.15) is 5.75 Å². The Kier molecular flexibility index (Phi) is 4.62. The third kappa shape index (κ3) is 2.97. The topological polar surface area (TPSA) is 58.0 Å². The van der Waals surface area contributed by atoms with Crippen LogP contribution in [0.15, 0.2) is 34.7 Å². The van der Waals surface area contributed by atoms with E-state index in [1.54, 1.807) is 36.8 Å². The highest BCUT2D eigenvalue weighted by Crippen LogP contribution is 2.51. The van der Waals surface area contributed by atoms with E-state index in [-0.39, 0.29) is 17.5 Å². The van der Waals surface area contributed by atoms with Gasteiger partial charge in [-0.3, -0.25) is 0 Å². The van der Waals surface area contributed by atoms with Gasteiger partial charge in [0, 0.05) is 16.7 Å². The highest BCUT2D eigenvalue weighted by molar-refractivity contribution is 7.14. The Morgan fingerprint density at radius 2 is 2.00 bits per heavy atom. The van der Waals surface area contributed by atoms with Crippen molar-refractivity contribution in [2.75, 3.05) is 12.1 Å². The molecule has 0 spiro atoms. The average molecular weight is 411 g/mol. The number of aromatic nitrogens is 1. The van der Waals surface area contributed by atoms with Crippen LogP contribution in [0.5, 0.6) is 5.75 Å². The number of ether oxygens (including phenoxy) is 1. The van der Waals surface area contributed by atoms with Crippen LogP contribution in [0.1, 0.15) is 26.2 Å². The van der Waals surface area contributed by atoms with Crippen molar-refractivity contribution in [3.63, 3.8) is 0 Å². The number of fused-ring (bicyclic) bond motifs is 1. The smallest absolute Gasteiger partial charge is 0.439 e. The van der Waals surface area contributed by atoms with Crippen molar-refractivity contribution < 1.29 is 23.0 Å². The molecular formula is C19H20F3N3O2S. The van der Waals surface area contributed by atoms with Gasteiger partial charge in [-0.15, -0.1) is 11.3 Å². The third-order valence-electron chi connectivity index (χ3n) is 5.45. The normalized spacial score (nSPS) is 27.5. The zero-order valence-corrected chi connectivity index (χ0v) is 16.2. The molecule has 0 saturated heterocycles. The van der Waals surface area contributed by atoms with Crippen molar-refractivity contribution in [3.05, 3.63) is 29.6 Å². The molecule has 28 heavy (non-hydrogen) atoms. The second-order valence-electron chi connectivity index (χ2n) is 7.30. The number of alkyl halides is 3. The van der Waals surface area contributed by atoms with Crippen molar-refractivity contribution in [2.24, 2.45) is 16.9 Å². The van der Waals surface area contributed by atoms with Crippen LogP contribution in [0.3, 0.4) is 0 Å². The molecule has 0 radical (unpaired) electrons. The number of rotatable bonds is 3. The maximum absolute atomic E-state index is 14.0. The highest BCUT2D eigenvalue weighted by Gasteiger charge is 2.68. The lowest BCUT2D eigenvalue weighted by atomic mass is 9.76. The van der Waals surface area contributed by atoms with Gasteiger partial charge in [-0.05, 0) is 49.4 Å². The second kappa shape index (κ2) is 6.73. The molecule has 1 aromatic carbocycles. The minimum absolute atomic E-state index is 0.0280. The van der Waals surface area contributed by atoms with Crippen molar-refractivity contribution in [1.82, 2.24) is 4.98 Å². The molecule has 1 fully saturated rings. The Morgan fingerprint density at radius 3 is 2.64 bits per heavy atom. The predicted octanol–water partition coefficient (Wildman–Crippen LogP) is 4.68. The summed E-state index contributed by atoms with van der Waals surface area (Å²) in [5, 5.41) is 17.4. The highest BCUT2D eigenvalue weighted by atomic mass is 32.1. The van der Waals surface area contributed by atoms with Crippen LogP contribution < -0.4 is 9.75 Å². The van der Waals surface area contributed by atoms with Gasteiger partial charge in [-0.2, -0.15) is 23.3 Å². The van der Waals surface area contributed by atoms with Crippen LogP contribution in [0.2, 0.25) is 0 Å². The average Bonchev–Trinajstić information content (AvgIpc) is 3.25. The van der Waals surface area contributed by atoms with Gasteiger partial charge < -0.3 is 9.84 Å². The molecule has 5 nitrogen and oxygen atoms in total. The SMILES string of the molecule is COc1ccc(-c2csc(N3N=C4CC[C@H](C)C[C@H]4[C@@]3(O)C(F)(F)F)n2)cc1.